The van der Waals surface area contributed by atoms with Gasteiger partial charge < -0.3 is 9.32 Å². The summed E-state index contributed by atoms with van der Waals surface area (Å²) >= 11 is 0. The van der Waals surface area contributed by atoms with E-state index in [1.165, 1.54) is 77.0 Å². The van der Waals surface area contributed by atoms with Crippen molar-refractivity contribution in [3.05, 3.63) is 210 Å². The summed E-state index contributed by atoms with van der Waals surface area (Å²) in [6.45, 7) is 9.49. The van der Waals surface area contributed by atoms with E-state index in [-0.39, 0.29) is 10.8 Å². The maximum absolute atomic E-state index is 7.53. The monoisotopic (exact) mass is 793 g/mol. The molecule has 11 aromatic rings. The van der Waals surface area contributed by atoms with Gasteiger partial charge in [0, 0.05) is 43.9 Å². The van der Waals surface area contributed by atoms with Gasteiger partial charge in [0.25, 0.3) is 0 Å². The lowest BCUT2D eigenvalue weighted by molar-refractivity contribution is 0.660. The summed E-state index contributed by atoms with van der Waals surface area (Å²) in [5.41, 5.74) is 17.6. The van der Waals surface area contributed by atoms with Gasteiger partial charge in [0.05, 0.1) is 5.69 Å². The molecule has 0 bridgehead atoms. The first-order chi connectivity index (χ1) is 30.3. The molecular formula is C60H43NO. The van der Waals surface area contributed by atoms with E-state index in [4.69, 9.17) is 4.42 Å². The van der Waals surface area contributed by atoms with Crippen LogP contribution in [0.5, 0.6) is 0 Å². The second-order valence-corrected chi connectivity index (χ2v) is 18.4. The Morgan fingerprint density at radius 1 is 0.339 bits per heavy atom. The van der Waals surface area contributed by atoms with Crippen LogP contribution in [0.15, 0.2) is 192 Å². The van der Waals surface area contributed by atoms with Crippen LogP contribution in [0.3, 0.4) is 0 Å². The number of fused-ring (bicyclic) bond motifs is 15. The molecule has 0 atom stereocenters. The summed E-state index contributed by atoms with van der Waals surface area (Å²) in [4.78, 5) is 2.52. The third kappa shape index (κ3) is 4.70. The molecule has 0 saturated heterocycles. The Balaban J connectivity index is 1.19. The second-order valence-electron chi connectivity index (χ2n) is 18.4. The number of rotatable bonds is 4. The molecule has 1 heterocycles. The average molecular weight is 794 g/mol. The van der Waals surface area contributed by atoms with Gasteiger partial charge in [0.15, 0.2) is 5.58 Å². The zero-order chi connectivity index (χ0) is 41.5. The highest BCUT2D eigenvalue weighted by Crippen LogP contribution is 2.56. The highest BCUT2D eigenvalue weighted by atomic mass is 16.3. The van der Waals surface area contributed by atoms with Crippen molar-refractivity contribution >= 4 is 71.3 Å². The normalized spacial score (nSPS) is 14.4. The molecule has 294 valence electrons. The van der Waals surface area contributed by atoms with Crippen LogP contribution in [0.2, 0.25) is 0 Å². The quantitative estimate of drug-likeness (QED) is 0.165. The molecule has 2 heteroatoms. The smallest absolute Gasteiger partial charge is 0.160 e. The first-order valence-electron chi connectivity index (χ1n) is 21.8. The van der Waals surface area contributed by atoms with Crippen molar-refractivity contribution in [2.45, 2.75) is 38.5 Å². The molecule has 2 aliphatic carbocycles. The molecule has 62 heavy (non-hydrogen) atoms. The van der Waals surface area contributed by atoms with Gasteiger partial charge in [-0.2, -0.15) is 0 Å². The fourth-order valence-electron chi connectivity index (χ4n) is 11.4. The molecule has 0 amide bonds. The molecule has 0 radical (unpaired) electrons. The van der Waals surface area contributed by atoms with E-state index >= 15 is 0 Å². The number of furan rings is 1. The number of anilines is 3. The van der Waals surface area contributed by atoms with E-state index in [0.717, 1.165) is 50.0 Å². The molecule has 0 spiro atoms. The zero-order valence-corrected chi connectivity index (χ0v) is 35.3. The van der Waals surface area contributed by atoms with Crippen LogP contribution >= 0.6 is 0 Å². The maximum Gasteiger partial charge on any atom is 0.160 e. The Bertz CT molecular complexity index is 3600. The highest BCUT2D eigenvalue weighted by molar-refractivity contribution is 6.31. The minimum atomic E-state index is -0.184. The Hall–Kier alpha value is -7.42. The third-order valence-electron chi connectivity index (χ3n) is 14.4. The van der Waals surface area contributed by atoms with E-state index < -0.39 is 0 Å². The summed E-state index contributed by atoms with van der Waals surface area (Å²) in [5.74, 6) is 0. The summed E-state index contributed by atoms with van der Waals surface area (Å²) < 4.78 is 7.53. The molecule has 2 aliphatic rings. The Morgan fingerprint density at radius 2 is 0.806 bits per heavy atom. The summed E-state index contributed by atoms with van der Waals surface area (Å²) in [5, 5.41) is 9.42. The fourth-order valence-corrected chi connectivity index (χ4v) is 11.4. The lowest BCUT2D eigenvalue weighted by Gasteiger charge is -2.31. The standard InChI is InChI=1S/C60H43NO/c1-59(2)51-26-13-11-21-43(51)45-30-28-37(34-53(45)59)61(38-29-31-46-44-22-12-14-27-52(44)60(3,4)54(46)35-38)56-48(40-25-15-17-36-16-5-6-18-39(36)40)32-33-50-55-47-23-9-7-19-41(47)42-20-8-10-24-49(42)57(55)62-58(50)56/h5-35H,1-4H3. The lowest BCUT2D eigenvalue weighted by Crippen LogP contribution is -2.18. The molecule has 0 fully saturated rings. The summed E-state index contributed by atoms with van der Waals surface area (Å²) in [6, 6.07) is 69.8. The van der Waals surface area contributed by atoms with Crippen molar-refractivity contribution in [1.82, 2.24) is 0 Å². The van der Waals surface area contributed by atoms with E-state index in [1.54, 1.807) is 0 Å². The van der Waals surface area contributed by atoms with Gasteiger partial charge >= 0.3 is 0 Å². The number of nitrogens with zero attached hydrogens (tertiary/aromatic N) is 1. The highest BCUT2D eigenvalue weighted by Gasteiger charge is 2.38. The molecule has 0 saturated carbocycles. The van der Waals surface area contributed by atoms with Gasteiger partial charge in [0.1, 0.15) is 5.58 Å². The van der Waals surface area contributed by atoms with Gasteiger partial charge in [-0.1, -0.05) is 185 Å². The minimum absolute atomic E-state index is 0.184. The van der Waals surface area contributed by atoms with Crippen LogP contribution in [0.25, 0.3) is 87.6 Å². The van der Waals surface area contributed by atoms with Crippen LogP contribution in [0, 0.1) is 0 Å². The third-order valence-corrected chi connectivity index (χ3v) is 14.4. The van der Waals surface area contributed by atoms with E-state index in [9.17, 15) is 0 Å². The van der Waals surface area contributed by atoms with Gasteiger partial charge in [-0.3, -0.25) is 0 Å². The maximum atomic E-state index is 7.53. The van der Waals surface area contributed by atoms with Crippen molar-refractivity contribution in [2.24, 2.45) is 0 Å². The van der Waals surface area contributed by atoms with Crippen molar-refractivity contribution in [2.75, 3.05) is 4.90 Å². The summed E-state index contributed by atoms with van der Waals surface area (Å²) in [6.07, 6.45) is 0. The summed E-state index contributed by atoms with van der Waals surface area (Å²) in [7, 11) is 0. The van der Waals surface area contributed by atoms with Crippen molar-refractivity contribution in [1.29, 1.82) is 0 Å². The Morgan fingerprint density at radius 3 is 1.45 bits per heavy atom. The molecule has 1 aromatic heterocycles. The minimum Gasteiger partial charge on any atom is -0.453 e. The Kier molecular flexibility index (Phi) is 7.16. The van der Waals surface area contributed by atoms with Crippen LogP contribution in [0.1, 0.15) is 49.9 Å². The first kappa shape index (κ1) is 35.3. The van der Waals surface area contributed by atoms with E-state index in [0.29, 0.717) is 0 Å². The molecule has 2 nitrogen and oxygen atoms in total. The van der Waals surface area contributed by atoms with Crippen LogP contribution < -0.4 is 4.90 Å². The van der Waals surface area contributed by atoms with Crippen molar-refractivity contribution in [3.63, 3.8) is 0 Å². The molecule has 0 N–H and O–H groups in total. The van der Waals surface area contributed by atoms with Gasteiger partial charge in [0.2, 0.25) is 0 Å². The van der Waals surface area contributed by atoms with Crippen LogP contribution in [-0.4, -0.2) is 0 Å². The van der Waals surface area contributed by atoms with E-state index in [1.807, 2.05) is 0 Å². The van der Waals surface area contributed by atoms with Gasteiger partial charge in [-0.05, 0) is 107 Å². The largest absolute Gasteiger partial charge is 0.453 e. The van der Waals surface area contributed by atoms with Crippen LogP contribution in [0.4, 0.5) is 17.1 Å². The molecule has 10 aromatic carbocycles. The van der Waals surface area contributed by atoms with Crippen LogP contribution in [-0.2, 0) is 10.8 Å². The first-order valence-corrected chi connectivity index (χ1v) is 21.8. The number of hydrogen-bond acceptors (Lipinski definition) is 2. The predicted octanol–water partition coefficient (Wildman–Crippen LogP) is 16.8. The molecule has 0 unspecified atom stereocenters. The van der Waals surface area contributed by atoms with Crippen molar-refractivity contribution in [3.8, 4) is 33.4 Å². The second kappa shape index (κ2) is 12.6. The SMILES string of the molecule is CC1(C)c2ccccc2-c2ccc(N(c3ccc4c(c3)C(C)(C)c3ccccc3-4)c3c(-c4cccc5ccccc45)ccc4c3oc3c5ccccc5c5ccccc5c43)cc21. The zero-order valence-electron chi connectivity index (χ0n) is 35.3. The lowest BCUT2D eigenvalue weighted by atomic mass is 9.82. The van der Waals surface area contributed by atoms with E-state index in [2.05, 4.69) is 221 Å². The Labute approximate surface area is 361 Å². The molecule has 13 rings (SSSR count). The number of hydrogen-bond donors (Lipinski definition) is 0. The molecule has 0 aliphatic heterocycles. The van der Waals surface area contributed by atoms with Crippen molar-refractivity contribution < 1.29 is 4.42 Å². The van der Waals surface area contributed by atoms with Gasteiger partial charge in [-0.15, -0.1) is 0 Å². The fraction of sp³-hybridized carbons (Fsp3) is 0.100. The average Bonchev–Trinajstić information content (AvgIpc) is 3.90. The predicted molar refractivity (Wildman–Crippen MR) is 261 cm³/mol. The number of benzene rings is 10. The van der Waals surface area contributed by atoms with Gasteiger partial charge in [-0.25, -0.2) is 0 Å². The molecular weight excluding hydrogens is 751 g/mol. The topological polar surface area (TPSA) is 16.4 Å².